The minimum Gasteiger partial charge on any atom is -0.497 e. The maximum Gasteiger partial charge on any atom is 0.246 e. The average molecular weight is 253 g/mol. The lowest BCUT2D eigenvalue weighted by Crippen LogP contribution is -2.31. The standard InChI is InChI=1S/C13H19NO4/c1-16-9-13(15)14-8-12(18-3)10-5-4-6-11(7-10)17-2/h4-7,12H,8-9H2,1-3H3,(H,14,15)/t12-/m0/s1. The molecule has 0 aliphatic carbocycles. The summed E-state index contributed by atoms with van der Waals surface area (Å²) in [5, 5.41) is 2.74. The number of nitrogens with one attached hydrogen (secondary N) is 1. The quantitative estimate of drug-likeness (QED) is 0.792. The highest BCUT2D eigenvalue weighted by Crippen LogP contribution is 2.20. The second kappa shape index (κ2) is 7.68. The Balaban J connectivity index is 2.62. The van der Waals surface area contributed by atoms with E-state index in [0.29, 0.717) is 6.54 Å². The van der Waals surface area contributed by atoms with Gasteiger partial charge in [0.1, 0.15) is 12.4 Å². The lowest BCUT2D eigenvalue weighted by atomic mass is 10.1. The van der Waals surface area contributed by atoms with Crippen LogP contribution >= 0.6 is 0 Å². The molecule has 0 saturated heterocycles. The molecule has 0 heterocycles. The van der Waals surface area contributed by atoms with Crippen LogP contribution in [0, 0.1) is 0 Å². The summed E-state index contributed by atoms with van der Waals surface area (Å²) in [7, 11) is 4.70. The molecule has 5 heteroatoms. The van der Waals surface area contributed by atoms with Crippen LogP contribution in [0.2, 0.25) is 0 Å². The van der Waals surface area contributed by atoms with Crippen LogP contribution in [0.1, 0.15) is 11.7 Å². The van der Waals surface area contributed by atoms with Crippen LogP contribution in [0.15, 0.2) is 24.3 Å². The van der Waals surface area contributed by atoms with Crippen molar-refractivity contribution in [3.63, 3.8) is 0 Å². The van der Waals surface area contributed by atoms with E-state index in [1.165, 1.54) is 7.11 Å². The first kappa shape index (κ1) is 14.5. The topological polar surface area (TPSA) is 56.8 Å². The van der Waals surface area contributed by atoms with Gasteiger partial charge in [0.15, 0.2) is 0 Å². The Kier molecular flexibility index (Phi) is 6.18. The predicted molar refractivity (Wildman–Crippen MR) is 67.6 cm³/mol. The number of benzene rings is 1. The molecule has 0 spiro atoms. The van der Waals surface area contributed by atoms with Gasteiger partial charge in [-0.05, 0) is 17.7 Å². The number of hydrogen-bond donors (Lipinski definition) is 1. The Morgan fingerprint density at radius 1 is 1.33 bits per heavy atom. The number of hydrogen-bond acceptors (Lipinski definition) is 4. The first-order valence-corrected chi connectivity index (χ1v) is 5.63. The van der Waals surface area contributed by atoms with Crippen molar-refractivity contribution < 1.29 is 19.0 Å². The summed E-state index contributed by atoms with van der Waals surface area (Å²) in [5.41, 5.74) is 0.953. The average Bonchev–Trinajstić information content (AvgIpc) is 2.40. The highest BCUT2D eigenvalue weighted by Gasteiger charge is 2.12. The largest absolute Gasteiger partial charge is 0.497 e. The summed E-state index contributed by atoms with van der Waals surface area (Å²) in [5.74, 6) is 0.597. The van der Waals surface area contributed by atoms with Crippen LogP contribution in [-0.2, 0) is 14.3 Å². The van der Waals surface area contributed by atoms with E-state index in [1.54, 1.807) is 14.2 Å². The number of rotatable bonds is 7. The second-order valence-electron chi connectivity index (χ2n) is 3.74. The highest BCUT2D eigenvalue weighted by atomic mass is 16.5. The van der Waals surface area contributed by atoms with E-state index in [2.05, 4.69) is 5.32 Å². The Morgan fingerprint density at radius 2 is 2.11 bits per heavy atom. The van der Waals surface area contributed by atoms with Crippen molar-refractivity contribution >= 4 is 5.91 Å². The van der Waals surface area contributed by atoms with Gasteiger partial charge in [0, 0.05) is 20.8 Å². The van der Waals surface area contributed by atoms with Crippen LogP contribution in [0.25, 0.3) is 0 Å². The molecule has 0 aromatic heterocycles. The predicted octanol–water partition coefficient (Wildman–Crippen LogP) is 1.15. The fourth-order valence-corrected chi connectivity index (χ4v) is 1.57. The van der Waals surface area contributed by atoms with Crippen molar-refractivity contribution in [3.8, 4) is 5.75 Å². The summed E-state index contributed by atoms with van der Waals surface area (Å²) < 4.78 is 15.2. The van der Waals surface area contributed by atoms with E-state index >= 15 is 0 Å². The molecule has 1 rings (SSSR count). The number of amides is 1. The van der Waals surface area contributed by atoms with Gasteiger partial charge in [0.25, 0.3) is 0 Å². The van der Waals surface area contributed by atoms with E-state index in [1.807, 2.05) is 24.3 Å². The lowest BCUT2D eigenvalue weighted by molar-refractivity contribution is -0.125. The number of ether oxygens (including phenoxy) is 3. The van der Waals surface area contributed by atoms with Gasteiger partial charge in [-0.2, -0.15) is 0 Å². The highest BCUT2D eigenvalue weighted by molar-refractivity contribution is 5.77. The third-order valence-corrected chi connectivity index (χ3v) is 2.51. The zero-order chi connectivity index (χ0) is 13.4. The van der Waals surface area contributed by atoms with E-state index in [4.69, 9.17) is 14.2 Å². The molecule has 0 aliphatic rings. The summed E-state index contributed by atoms with van der Waals surface area (Å²) >= 11 is 0. The molecule has 0 fully saturated rings. The van der Waals surface area contributed by atoms with Gasteiger partial charge in [0.05, 0.1) is 13.2 Å². The Bertz CT molecular complexity index is 381. The van der Waals surface area contributed by atoms with E-state index in [-0.39, 0.29) is 18.6 Å². The van der Waals surface area contributed by atoms with Gasteiger partial charge in [-0.25, -0.2) is 0 Å². The van der Waals surface area contributed by atoms with Gasteiger partial charge < -0.3 is 19.5 Å². The minimum absolute atomic E-state index is 0.0501. The molecular formula is C13H19NO4. The summed E-state index contributed by atoms with van der Waals surface area (Å²) in [4.78, 5) is 11.3. The molecule has 1 aromatic carbocycles. The third kappa shape index (κ3) is 4.35. The molecule has 1 N–H and O–H groups in total. The van der Waals surface area contributed by atoms with Crippen LogP contribution < -0.4 is 10.1 Å². The summed E-state index contributed by atoms with van der Waals surface area (Å²) in [6, 6.07) is 7.56. The molecule has 0 radical (unpaired) electrons. The van der Waals surface area contributed by atoms with E-state index < -0.39 is 0 Å². The van der Waals surface area contributed by atoms with Gasteiger partial charge in [0.2, 0.25) is 5.91 Å². The molecule has 1 atom stereocenters. The van der Waals surface area contributed by atoms with Crippen molar-refractivity contribution in [1.82, 2.24) is 5.32 Å². The number of carbonyl (C=O) groups is 1. The van der Waals surface area contributed by atoms with Gasteiger partial charge >= 0.3 is 0 Å². The first-order chi connectivity index (χ1) is 8.71. The fraction of sp³-hybridized carbons (Fsp3) is 0.462. The summed E-state index contributed by atoms with van der Waals surface area (Å²) in [6.45, 7) is 0.445. The van der Waals surface area contributed by atoms with E-state index in [9.17, 15) is 4.79 Å². The van der Waals surface area contributed by atoms with Crippen LogP contribution in [0.5, 0.6) is 5.75 Å². The van der Waals surface area contributed by atoms with Crippen LogP contribution in [0.4, 0.5) is 0 Å². The first-order valence-electron chi connectivity index (χ1n) is 5.63. The van der Waals surface area contributed by atoms with Crippen LogP contribution in [0.3, 0.4) is 0 Å². The number of carbonyl (C=O) groups excluding carboxylic acids is 1. The number of methoxy groups -OCH3 is 3. The second-order valence-corrected chi connectivity index (χ2v) is 3.74. The Hall–Kier alpha value is -1.59. The third-order valence-electron chi connectivity index (χ3n) is 2.51. The molecular weight excluding hydrogens is 234 g/mol. The molecule has 1 aromatic rings. The normalized spacial score (nSPS) is 11.9. The monoisotopic (exact) mass is 253 g/mol. The van der Waals surface area contributed by atoms with Crippen molar-refractivity contribution in [2.45, 2.75) is 6.10 Å². The molecule has 5 nitrogen and oxygen atoms in total. The lowest BCUT2D eigenvalue weighted by Gasteiger charge is -2.17. The molecule has 0 saturated carbocycles. The molecule has 1 amide bonds. The van der Waals surface area contributed by atoms with Crippen molar-refractivity contribution in [3.05, 3.63) is 29.8 Å². The van der Waals surface area contributed by atoms with Gasteiger partial charge in [-0.3, -0.25) is 4.79 Å². The Morgan fingerprint density at radius 3 is 2.72 bits per heavy atom. The molecule has 0 bridgehead atoms. The maximum absolute atomic E-state index is 11.3. The zero-order valence-corrected chi connectivity index (χ0v) is 10.9. The summed E-state index contributed by atoms with van der Waals surface area (Å²) in [6.07, 6.45) is -0.207. The van der Waals surface area contributed by atoms with Crippen molar-refractivity contribution in [1.29, 1.82) is 0 Å². The molecule has 0 unspecified atom stereocenters. The SMILES string of the molecule is COCC(=O)NC[C@H](OC)c1cccc(OC)c1. The van der Waals surface area contributed by atoms with Gasteiger partial charge in [-0.1, -0.05) is 12.1 Å². The van der Waals surface area contributed by atoms with Gasteiger partial charge in [-0.15, -0.1) is 0 Å². The smallest absolute Gasteiger partial charge is 0.246 e. The zero-order valence-electron chi connectivity index (χ0n) is 10.9. The van der Waals surface area contributed by atoms with Crippen LogP contribution in [-0.4, -0.2) is 40.4 Å². The minimum atomic E-state index is -0.207. The van der Waals surface area contributed by atoms with Crippen molar-refractivity contribution in [2.24, 2.45) is 0 Å². The molecule has 100 valence electrons. The van der Waals surface area contributed by atoms with Crippen molar-refractivity contribution in [2.75, 3.05) is 34.5 Å². The molecule has 0 aliphatic heterocycles. The molecule has 18 heavy (non-hydrogen) atoms. The maximum atomic E-state index is 11.3. The Labute approximate surface area is 107 Å². The van der Waals surface area contributed by atoms with E-state index in [0.717, 1.165) is 11.3 Å². The fourth-order valence-electron chi connectivity index (χ4n) is 1.57.